The van der Waals surface area contributed by atoms with E-state index in [-0.39, 0.29) is 5.78 Å². The zero-order chi connectivity index (χ0) is 25.8. The molecule has 0 amide bonds. The van der Waals surface area contributed by atoms with Crippen molar-refractivity contribution in [2.24, 2.45) is 0 Å². The van der Waals surface area contributed by atoms with Crippen molar-refractivity contribution in [1.82, 2.24) is 24.7 Å². The van der Waals surface area contributed by atoms with Gasteiger partial charge in [0.2, 0.25) is 0 Å². The van der Waals surface area contributed by atoms with Gasteiger partial charge in [0.1, 0.15) is 11.4 Å². The number of aromatic nitrogens is 5. The molecule has 9 heteroatoms. The Kier molecular flexibility index (Phi) is 6.76. The maximum atomic E-state index is 12.4. The number of hydrogen-bond acceptors (Lipinski definition) is 8. The number of hydrogen-bond donors (Lipinski definition) is 1. The zero-order valence-electron chi connectivity index (χ0n) is 20.8. The number of pyridine rings is 1. The van der Waals surface area contributed by atoms with Gasteiger partial charge in [-0.05, 0) is 29.8 Å². The van der Waals surface area contributed by atoms with Crippen LogP contribution >= 0.6 is 0 Å². The highest BCUT2D eigenvalue weighted by Crippen LogP contribution is 2.32. The van der Waals surface area contributed by atoms with Crippen LogP contribution in [0.5, 0.6) is 11.5 Å². The number of rotatable bonds is 9. The number of benzene rings is 2. The van der Waals surface area contributed by atoms with Crippen molar-refractivity contribution in [3.8, 4) is 23.0 Å². The molecule has 0 unspecified atom stereocenters. The van der Waals surface area contributed by atoms with Crippen LogP contribution in [0.25, 0.3) is 22.4 Å². The molecule has 0 bridgehead atoms. The van der Waals surface area contributed by atoms with Crippen molar-refractivity contribution in [2.45, 2.75) is 19.9 Å². The largest absolute Gasteiger partial charge is 0.497 e. The first-order chi connectivity index (χ1) is 18.1. The third-order valence-electron chi connectivity index (χ3n) is 6.03. The van der Waals surface area contributed by atoms with Gasteiger partial charge in [-0.3, -0.25) is 14.5 Å². The van der Waals surface area contributed by atoms with E-state index in [1.807, 2.05) is 60.1 Å². The molecule has 0 aliphatic rings. The van der Waals surface area contributed by atoms with Gasteiger partial charge in [0.05, 0.1) is 43.7 Å². The number of para-hydroxylation sites is 1. The van der Waals surface area contributed by atoms with E-state index in [1.54, 1.807) is 38.9 Å². The summed E-state index contributed by atoms with van der Waals surface area (Å²) in [5, 5.41) is 9.06. The molecule has 0 saturated carbocycles. The fraction of sp³-hybridized carbons (Fsp3) is 0.179. The SMILES string of the molecule is CCC(=O)c1cnccc1Nc1nc(-c2nn(Cc3ccc(OC)cc3)c3ccccc23)ncc1OC. The molecule has 0 aliphatic carbocycles. The van der Waals surface area contributed by atoms with E-state index in [2.05, 4.69) is 15.3 Å². The molecule has 1 N–H and O–H groups in total. The van der Waals surface area contributed by atoms with Gasteiger partial charge in [-0.2, -0.15) is 5.10 Å². The number of ether oxygens (including phenoxy) is 2. The minimum atomic E-state index is -0.0212. The highest BCUT2D eigenvalue weighted by Gasteiger charge is 2.18. The number of carbonyl (C=O) groups excluding carboxylic acids is 1. The molecule has 5 aromatic rings. The predicted octanol–water partition coefficient (Wildman–Crippen LogP) is 5.29. The molecule has 0 aliphatic heterocycles. The quantitative estimate of drug-likeness (QED) is 0.276. The van der Waals surface area contributed by atoms with Gasteiger partial charge in [-0.1, -0.05) is 37.3 Å². The molecular formula is C28H26N6O3. The number of fused-ring (bicyclic) bond motifs is 1. The third kappa shape index (κ3) is 4.84. The number of nitrogens with zero attached hydrogens (tertiary/aromatic N) is 5. The molecule has 37 heavy (non-hydrogen) atoms. The molecule has 0 atom stereocenters. The molecule has 186 valence electrons. The summed E-state index contributed by atoms with van der Waals surface area (Å²) in [5.74, 6) is 2.09. The molecule has 2 aromatic carbocycles. The Labute approximate surface area is 214 Å². The van der Waals surface area contributed by atoms with Crippen molar-refractivity contribution in [2.75, 3.05) is 19.5 Å². The van der Waals surface area contributed by atoms with Crippen LogP contribution in [0.1, 0.15) is 29.3 Å². The number of carbonyl (C=O) groups is 1. The summed E-state index contributed by atoms with van der Waals surface area (Å²) in [5.41, 5.74) is 3.78. The van der Waals surface area contributed by atoms with Crippen molar-refractivity contribution in [3.05, 3.63) is 84.3 Å². The smallest absolute Gasteiger partial charge is 0.183 e. The molecule has 3 heterocycles. The van der Waals surface area contributed by atoms with E-state index < -0.39 is 0 Å². The van der Waals surface area contributed by atoms with Gasteiger partial charge in [-0.15, -0.1) is 0 Å². The second kappa shape index (κ2) is 10.4. The Balaban J connectivity index is 1.55. The minimum Gasteiger partial charge on any atom is -0.497 e. The van der Waals surface area contributed by atoms with Crippen LogP contribution in [-0.2, 0) is 6.54 Å². The van der Waals surface area contributed by atoms with Gasteiger partial charge >= 0.3 is 0 Å². The van der Waals surface area contributed by atoms with Crippen LogP contribution in [0.4, 0.5) is 11.5 Å². The summed E-state index contributed by atoms with van der Waals surface area (Å²) < 4.78 is 12.7. The van der Waals surface area contributed by atoms with Gasteiger partial charge in [0.25, 0.3) is 0 Å². The van der Waals surface area contributed by atoms with Gasteiger partial charge in [0.15, 0.2) is 23.2 Å². The fourth-order valence-corrected chi connectivity index (χ4v) is 4.08. The molecule has 0 fully saturated rings. The van der Waals surface area contributed by atoms with Gasteiger partial charge in [0, 0.05) is 24.2 Å². The van der Waals surface area contributed by atoms with Crippen molar-refractivity contribution < 1.29 is 14.3 Å². The molecule has 0 saturated heterocycles. The predicted molar refractivity (Wildman–Crippen MR) is 142 cm³/mol. The summed E-state index contributed by atoms with van der Waals surface area (Å²) >= 11 is 0. The van der Waals surface area contributed by atoms with E-state index in [0.717, 1.165) is 22.2 Å². The molecule has 3 aromatic heterocycles. The number of anilines is 2. The average molecular weight is 495 g/mol. The first kappa shape index (κ1) is 23.9. The van der Waals surface area contributed by atoms with Crippen LogP contribution < -0.4 is 14.8 Å². The summed E-state index contributed by atoms with van der Waals surface area (Å²) in [7, 11) is 3.20. The number of methoxy groups -OCH3 is 2. The Bertz CT molecular complexity index is 1560. The highest BCUT2D eigenvalue weighted by molar-refractivity contribution is 6.01. The molecular weight excluding hydrogens is 468 g/mol. The van der Waals surface area contributed by atoms with E-state index in [9.17, 15) is 4.79 Å². The maximum absolute atomic E-state index is 12.4. The van der Waals surface area contributed by atoms with Crippen LogP contribution in [-0.4, -0.2) is 44.7 Å². The van der Waals surface area contributed by atoms with Gasteiger partial charge in [-0.25, -0.2) is 9.97 Å². The van der Waals surface area contributed by atoms with E-state index in [1.165, 1.54) is 0 Å². The second-order valence-electron chi connectivity index (χ2n) is 8.31. The Morgan fingerprint density at radius 3 is 2.57 bits per heavy atom. The van der Waals surface area contributed by atoms with E-state index in [0.29, 0.717) is 47.3 Å². The lowest BCUT2D eigenvalue weighted by Crippen LogP contribution is -2.06. The molecule has 9 nitrogen and oxygen atoms in total. The summed E-state index contributed by atoms with van der Waals surface area (Å²) in [6, 6.07) is 17.6. The van der Waals surface area contributed by atoms with E-state index >= 15 is 0 Å². The summed E-state index contributed by atoms with van der Waals surface area (Å²) in [6.45, 7) is 2.39. The number of Topliss-reactive ketones (excluding diaryl/α,β-unsaturated/α-hetero) is 1. The number of nitrogens with one attached hydrogen (secondary N) is 1. The van der Waals surface area contributed by atoms with E-state index in [4.69, 9.17) is 19.6 Å². The lowest BCUT2D eigenvalue weighted by molar-refractivity contribution is 0.0988. The van der Waals surface area contributed by atoms with Crippen LogP contribution in [0.2, 0.25) is 0 Å². The van der Waals surface area contributed by atoms with Crippen molar-refractivity contribution in [1.29, 1.82) is 0 Å². The fourth-order valence-electron chi connectivity index (χ4n) is 4.08. The van der Waals surface area contributed by atoms with Gasteiger partial charge < -0.3 is 14.8 Å². The average Bonchev–Trinajstić information content (AvgIpc) is 3.31. The highest BCUT2D eigenvalue weighted by atomic mass is 16.5. The van der Waals surface area contributed by atoms with Crippen LogP contribution in [0.15, 0.2) is 73.2 Å². The topological polar surface area (TPSA) is 104 Å². The lowest BCUT2D eigenvalue weighted by atomic mass is 10.1. The van der Waals surface area contributed by atoms with Crippen LogP contribution in [0.3, 0.4) is 0 Å². The van der Waals surface area contributed by atoms with Crippen molar-refractivity contribution in [3.63, 3.8) is 0 Å². The summed E-state index contributed by atoms with van der Waals surface area (Å²) in [6.07, 6.45) is 5.14. The maximum Gasteiger partial charge on any atom is 0.183 e. The summed E-state index contributed by atoms with van der Waals surface area (Å²) in [4.78, 5) is 25.8. The Hall–Kier alpha value is -4.79. The minimum absolute atomic E-state index is 0.0212. The number of ketones is 1. The lowest BCUT2D eigenvalue weighted by Gasteiger charge is -2.13. The van der Waals surface area contributed by atoms with Crippen molar-refractivity contribution >= 4 is 28.2 Å². The third-order valence-corrected chi connectivity index (χ3v) is 6.03. The Morgan fingerprint density at radius 1 is 1.00 bits per heavy atom. The molecule has 0 spiro atoms. The normalized spacial score (nSPS) is 10.9. The molecule has 5 rings (SSSR count). The zero-order valence-corrected chi connectivity index (χ0v) is 20.8. The monoisotopic (exact) mass is 494 g/mol. The second-order valence-corrected chi connectivity index (χ2v) is 8.31. The van der Waals surface area contributed by atoms with Crippen LogP contribution in [0, 0.1) is 0 Å². The Morgan fingerprint density at radius 2 is 1.81 bits per heavy atom. The standard InChI is InChI=1S/C28H26N6O3/c1-4-24(35)21-15-29-14-13-22(21)31-27-25(37-3)16-30-28(32-27)26-20-7-5-6-8-23(20)34(33-26)17-18-9-11-19(36-2)12-10-18/h5-16H,4,17H2,1-3H3,(H,29,30,31,32). The first-order valence-corrected chi connectivity index (χ1v) is 11.9. The first-order valence-electron chi connectivity index (χ1n) is 11.9. The molecule has 0 radical (unpaired) electrons.